The molecule has 0 bridgehead atoms. The standard InChI is InChI=1S/C18H16ClN3O/c1-3-23-18-16(13-6-4-12(2)5-7-13)21-22-17(20-18)14-8-10-15(19)11-9-14/h4-11H,3H2,1-2H3. The van der Waals surface area contributed by atoms with E-state index in [-0.39, 0.29) is 0 Å². The molecule has 0 aliphatic heterocycles. The summed E-state index contributed by atoms with van der Waals surface area (Å²) < 4.78 is 5.67. The summed E-state index contributed by atoms with van der Waals surface area (Å²) >= 11 is 5.92. The largest absolute Gasteiger partial charge is 0.476 e. The number of aryl methyl sites for hydroxylation is 1. The second-order valence-corrected chi connectivity index (χ2v) is 5.53. The zero-order valence-electron chi connectivity index (χ0n) is 13.0. The highest BCUT2D eigenvalue weighted by Crippen LogP contribution is 2.28. The van der Waals surface area contributed by atoms with E-state index in [0.29, 0.717) is 29.0 Å². The Bertz CT molecular complexity index is 802. The molecule has 3 aromatic rings. The second kappa shape index (κ2) is 6.75. The number of aromatic nitrogens is 3. The molecule has 0 spiro atoms. The zero-order chi connectivity index (χ0) is 16.2. The topological polar surface area (TPSA) is 47.9 Å². The molecule has 0 aliphatic carbocycles. The molecular weight excluding hydrogens is 310 g/mol. The summed E-state index contributed by atoms with van der Waals surface area (Å²) in [5.41, 5.74) is 3.61. The third-order valence-electron chi connectivity index (χ3n) is 3.36. The number of hydrogen-bond acceptors (Lipinski definition) is 4. The summed E-state index contributed by atoms with van der Waals surface area (Å²) in [5, 5.41) is 9.23. The molecule has 0 amide bonds. The molecule has 23 heavy (non-hydrogen) atoms. The van der Waals surface area contributed by atoms with E-state index in [1.54, 1.807) is 12.1 Å². The number of halogens is 1. The van der Waals surface area contributed by atoms with Crippen LogP contribution in [0.25, 0.3) is 22.6 Å². The quantitative estimate of drug-likeness (QED) is 0.705. The Kier molecular flexibility index (Phi) is 4.53. The summed E-state index contributed by atoms with van der Waals surface area (Å²) in [6.07, 6.45) is 0. The fourth-order valence-electron chi connectivity index (χ4n) is 2.16. The first-order chi connectivity index (χ1) is 11.2. The van der Waals surface area contributed by atoms with Crippen molar-refractivity contribution in [1.29, 1.82) is 0 Å². The predicted molar refractivity (Wildman–Crippen MR) is 91.6 cm³/mol. The van der Waals surface area contributed by atoms with Gasteiger partial charge in [0.2, 0.25) is 5.88 Å². The van der Waals surface area contributed by atoms with Crippen molar-refractivity contribution in [2.45, 2.75) is 13.8 Å². The van der Waals surface area contributed by atoms with Crippen LogP contribution in [0.4, 0.5) is 0 Å². The maximum Gasteiger partial charge on any atom is 0.244 e. The normalized spacial score (nSPS) is 10.6. The van der Waals surface area contributed by atoms with E-state index in [1.165, 1.54) is 5.56 Å². The van der Waals surface area contributed by atoms with Crippen molar-refractivity contribution in [3.05, 3.63) is 59.1 Å². The molecule has 0 saturated heterocycles. The smallest absolute Gasteiger partial charge is 0.244 e. The van der Waals surface area contributed by atoms with E-state index in [0.717, 1.165) is 11.1 Å². The van der Waals surface area contributed by atoms with E-state index in [2.05, 4.69) is 15.2 Å². The minimum absolute atomic E-state index is 0.483. The Morgan fingerprint density at radius 2 is 1.57 bits per heavy atom. The molecule has 5 heteroatoms. The van der Waals surface area contributed by atoms with Crippen LogP contribution in [0.2, 0.25) is 5.02 Å². The Labute approximate surface area is 140 Å². The molecule has 4 nitrogen and oxygen atoms in total. The lowest BCUT2D eigenvalue weighted by atomic mass is 10.1. The van der Waals surface area contributed by atoms with Gasteiger partial charge < -0.3 is 4.74 Å². The van der Waals surface area contributed by atoms with Crippen LogP contribution in [-0.2, 0) is 0 Å². The summed E-state index contributed by atoms with van der Waals surface area (Å²) in [6.45, 7) is 4.47. The number of benzene rings is 2. The second-order valence-electron chi connectivity index (χ2n) is 5.10. The predicted octanol–water partition coefficient (Wildman–Crippen LogP) is 4.57. The van der Waals surface area contributed by atoms with Crippen molar-refractivity contribution in [2.24, 2.45) is 0 Å². The molecule has 0 aliphatic rings. The van der Waals surface area contributed by atoms with Gasteiger partial charge >= 0.3 is 0 Å². The van der Waals surface area contributed by atoms with Crippen molar-refractivity contribution < 1.29 is 4.74 Å². The van der Waals surface area contributed by atoms with Crippen molar-refractivity contribution in [3.8, 4) is 28.5 Å². The first-order valence-corrected chi connectivity index (χ1v) is 7.75. The van der Waals surface area contributed by atoms with Crippen molar-refractivity contribution >= 4 is 11.6 Å². The Balaban J connectivity index is 2.04. The molecule has 1 aromatic heterocycles. The SMILES string of the molecule is CCOc1nc(-c2ccc(Cl)cc2)nnc1-c1ccc(C)cc1. The third-order valence-corrected chi connectivity index (χ3v) is 3.62. The van der Waals surface area contributed by atoms with Gasteiger partial charge in [0.15, 0.2) is 11.5 Å². The molecule has 0 unspecified atom stereocenters. The number of rotatable bonds is 4. The van der Waals surface area contributed by atoms with Gasteiger partial charge in [-0.15, -0.1) is 10.2 Å². The van der Waals surface area contributed by atoms with Gasteiger partial charge in [0.05, 0.1) is 6.61 Å². The van der Waals surface area contributed by atoms with E-state index in [4.69, 9.17) is 16.3 Å². The first kappa shape index (κ1) is 15.4. The van der Waals surface area contributed by atoms with E-state index >= 15 is 0 Å². The van der Waals surface area contributed by atoms with Crippen LogP contribution < -0.4 is 4.74 Å². The molecule has 0 atom stereocenters. The molecule has 0 N–H and O–H groups in total. The lowest BCUT2D eigenvalue weighted by Crippen LogP contribution is -2.03. The van der Waals surface area contributed by atoms with Crippen molar-refractivity contribution in [3.63, 3.8) is 0 Å². The van der Waals surface area contributed by atoms with Crippen LogP contribution in [0.3, 0.4) is 0 Å². The van der Waals surface area contributed by atoms with Gasteiger partial charge in [0.1, 0.15) is 0 Å². The summed E-state index contributed by atoms with van der Waals surface area (Å²) in [5.74, 6) is 0.997. The fourth-order valence-corrected chi connectivity index (χ4v) is 2.29. The van der Waals surface area contributed by atoms with Gasteiger partial charge in [0, 0.05) is 16.1 Å². The molecule has 0 saturated carbocycles. The highest BCUT2D eigenvalue weighted by Gasteiger charge is 2.13. The van der Waals surface area contributed by atoms with Crippen LogP contribution >= 0.6 is 11.6 Å². The van der Waals surface area contributed by atoms with E-state index < -0.39 is 0 Å². The summed E-state index contributed by atoms with van der Waals surface area (Å²) in [4.78, 5) is 4.52. The Hall–Kier alpha value is -2.46. The average molecular weight is 326 g/mol. The summed E-state index contributed by atoms with van der Waals surface area (Å²) in [6, 6.07) is 15.4. The Morgan fingerprint density at radius 1 is 0.913 bits per heavy atom. The van der Waals surface area contributed by atoms with Crippen molar-refractivity contribution in [1.82, 2.24) is 15.2 Å². The maximum absolute atomic E-state index is 5.92. The lowest BCUT2D eigenvalue weighted by molar-refractivity contribution is 0.326. The summed E-state index contributed by atoms with van der Waals surface area (Å²) in [7, 11) is 0. The van der Waals surface area contributed by atoms with Crippen LogP contribution in [-0.4, -0.2) is 21.8 Å². The first-order valence-electron chi connectivity index (χ1n) is 7.38. The van der Waals surface area contributed by atoms with Crippen LogP contribution in [0.15, 0.2) is 48.5 Å². The van der Waals surface area contributed by atoms with Gasteiger partial charge in [-0.25, -0.2) is 0 Å². The zero-order valence-corrected chi connectivity index (χ0v) is 13.7. The molecule has 3 rings (SSSR count). The molecule has 116 valence electrons. The molecule has 0 fully saturated rings. The van der Waals surface area contributed by atoms with Gasteiger partial charge in [-0.2, -0.15) is 4.98 Å². The van der Waals surface area contributed by atoms with Crippen molar-refractivity contribution in [2.75, 3.05) is 6.61 Å². The average Bonchev–Trinajstić information content (AvgIpc) is 2.57. The van der Waals surface area contributed by atoms with Crippen LogP contribution in [0.5, 0.6) is 5.88 Å². The monoisotopic (exact) mass is 325 g/mol. The number of nitrogens with zero attached hydrogens (tertiary/aromatic N) is 3. The molecular formula is C18H16ClN3O. The highest BCUT2D eigenvalue weighted by molar-refractivity contribution is 6.30. The highest BCUT2D eigenvalue weighted by atomic mass is 35.5. The van der Waals surface area contributed by atoms with Crippen LogP contribution in [0.1, 0.15) is 12.5 Å². The lowest BCUT2D eigenvalue weighted by Gasteiger charge is -2.09. The van der Waals surface area contributed by atoms with Gasteiger partial charge in [-0.1, -0.05) is 41.4 Å². The Morgan fingerprint density at radius 3 is 2.22 bits per heavy atom. The van der Waals surface area contributed by atoms with Gasteiger partial charge in [-0.05, 0) is 38.1 Å². The number of ether oxygens (including phenoxy) is 1. The number of hydrogen-bond donors (Lipinski definition) is 0. The maximum atomic E-state index is 5.92. The molecule has 0 radical (unpaired) electrons. The van der Waals surface area contributed by atoms with Crippen LogP contribution in [0, 0.1) is 6.92 Å². The molecule has 1 heterocycles. The van der Waals surface area contributed by atoms with E-state index in [1.807, 2.05) is 50.2 Å². The fraction of sp³-hybridized carbons (Fsp3) is 0.167. The third kappa shape index (κ3) is 3.48. The van der Waals surface area contributed by atoms with E-state index in [9.17, 15) is 0 Å². The van der Waals surface area contributed by atoms with Gasteiger partial charge in [-0.3, -0.25) is 0 Å². The molecule has 2 aromatic carbocycles. The minimum atomic E-state index is 0.483. The van der Waals surface area contributed by atoms with Gasteiger partial charge in [0.25, 0.3) is 0 Å². The minimum Gasteiger partial charge on any atom is -0.476 e.